The van der Waals surface area contributed by atoms with Crippen LogP contribution in [-0.4, -0.2) is 32.3 Å². The minimum Gasteiger partial charge on any atom is -0.497 e. The number of carbonyl (C=O) groups is 1. The molecule has 1 N–H and O–H groups in total. The van der Waals surface area contributed by atoms with Crippen LogP contribution in [0.25, 0.3) is 0 Å². The van der Waals surface area contributed by atoms with Crippen molar-refractivity contribution >= 4 is 27.5 Å². The molecule has 3 aromatic carbocycles. The number of halogens is 1. The monoisotopic (exact) mass is 472 g/mol. The summed E-state index contributed by atoms with van der Waals surface area (Å²) in [5, 5.41) is 3.47. The molecule has 0 saturated carbocycles. The molecule has 0 aliphatic carbocycles. The first-order valence-corrected chi connectivity index (χ1v) is 11.8. The fourth-order valence-electron chi connectivity index (χ4n) is 3.19. The lowest BCUT2D eigenvalue weighted by Gasteiger charge is -2.23. The summed E-state index contributed by atoms with van der Waals surface area (Å²) in [6.45, 7) is 1.58. The number of methoxy groups -OCH3 is 1. The Morgan fingerprint density at radius 2 is 1.62 bits per heavy atom. The zero-order valence-corrected chi connectivity index (χ0v) is 19.4. The van der Waals surface area contributed by atoms with Crippen LogP contribution >= 0.6 is 11.6 Å². The van der Waals surface area contributed by atoms with Crippen LogP contribution < -0.4 is 10.1 Å². The average molecular weight is 473 g/mol. The quantitative estimate of drug-likeness (QED) is 0.500. The highest BCUT2D eigenvalue weighted by Gasteiger charge is 2.27. The molecule has 3 aromatic rings. The Labute approximate surface area is 193 Å². The van der Waals surface area contributed by atoms with Crippen LogP contribution in [0.2, 0.25) is 5.02 Å². The predicted molar refractivity (Wildman–Crippen MR) is 125 cm³/mol. The number of ether oxygens (including phenoxy) is 1. The lowest BCUT2D eigenvalue weighted by molar-refractivity contribution is -0.122. The topological polar surface area (TPSA) is 75.7 Å². The zero-order chi connectivity index (χ0) is 23.1. The van der Waals surface area contributed by atoms with E-state index >= 15 is 0 Å². The lowest BCUT2D eigenvalue weighted by Crippen LogP contribution is -2.41. The standard InChI is InChI=1S/C24H25ClN2O4S/c1-18(20-8-10-21(25)11-9-20)26-24(28)17-27(16-19-6-4-3-5-7-19)32(29,30)23-14-12-22(31-2)13-15-23/h3-15,18H,16-17H2,1-2H3,(H,26,28)/t18-/m0/s1. The van der Waals surface area contributed by atoms with E-state index in [1.54, 1.807) is 24.3 Å². The summed E-state index contributed by atoms with van der Waals surface area (Å²) >= 11 is 5.93. The number of nitrogens with one attached hydrogen (secondary N) is 1. The van der Waals surface area contributed by atoms with Crippen molar-refractivity contribution in [2.45, 2.75) is 24.4 Å². The largest absolute Gasteiger partial charge is 0.497 e. The lowest BCUT2D eigenvalue weighted by atomic mass is 10.1. The second-order valence-electron chi connectivity index (χ2n) is 7.27. The third-order valence-electron chi connectivity index (χ3n) is 4.97. The number of amides is 1. The maximum Gasteiger partial charge on any atom is 0.243 e. The van der Waals surface area contributed by atoms with Crippen LogP contribution in [0.3, 0.4) is 0 Å². The van der Waals surface area contributed by atoms with Gasteiger partial charge in [-0.3, -0.25) is 4.79 Å². The van der Waals surface area contributed by atoms with Crippen LogP contribution in [0.15, 0.2) is 83.8 Å². The highest BCUT2D eigenvalue weighted by atomic mass is 35.5. The molecule has 0 heterocycles. The van der Waals surface area contributed by atoms with E-state index in [1.165, 1.54) is 23.5 Å². The molecule has 0 bridgehead atoms. The number of hydrogen-bond donors (Lipinski definition) is 1. The summed E-state index contributed by atoms with van der Waals surface area (Å²) in [5.41, 5.74) is 1.65. The predicted octanol–water partition coefficient (Wildman–Crippen LogP) is 4.42. The number of sulfonamides is 1. The molecule has 6 nitrogen and oxygen atoms in total. The molecule has 32 heavy (non-hydrogen) atoms. The van der Waals surface area contributed by atoms with Crippen LogP contribution in [0.5, 0.6) is 5.75 Å². The summed E-state index contributed by atoms with van der Waals surface area (Å²) in [6, 6.07) is 22.1. The van der Waals surface area contributed by atoms with Gasteiger partial charge in [0.15, 0.2) is 0 Å². The summed E-state index contributed by atoms with van der Waals surface area (Å²) in [4.78, 5) is 12.9. The Morgan fingerprint density at radius 1 is 1.00 bits per heavy atom. The number of benzene rings is 3. The van der Waals surface area contributed by atoms with Gasteiger partial charge in [0.05, 0.1) is 24.6 Å². The molecule has 0 radical (unpaired) electrons. The molecular weight excluding hydrogens is 448 g/mol. The molecule has 0 fully saturated rings. The highest BCUT2D eigenvalue weighted by molar-refractivity contribution is 7.89. The maximum atomic E-state index is 13.4. The SMILES string of the molecule is COc1ccc(S(=O)(=O)N(CC(=O)N[C@@H](C)c2ccc(Cl)cc2)Cc2ccccc2)cc1. The van der Waals surface area contributed by atoms with E-state index in [4.69, 9.17) is 16.3 Å². The van der Waals surface area contributed by atoms with E-state index in [-0.39, 0.29) is 24.0 Å². The van der Waals surface area contributed by atoms with E-state index in [1.807, 2.05) is 49.4 Å². The molecule has 0 aromatic heterocycles. The van der Waals surface area contributed by atoms with Crippen molar-refractivity contribution in [3.63, 3.8) is 0 Å². The normalized spacial score (nSPS) is 12.4. The third-order valence-corrected chi connectivity index (χ3v) is 7.02. The van der Waals surface area contributed by atoms with Crippen molar-refractivity contribution < 1.29 is 17.9 Å². The summed E-state index contributed by atoms with van der Waals surface area (Å²) < 4.78 is 33.0. The van der Waals surface area contributed by atoms with Gasteiger partial charge in [-0.1, -0.05) is 54.1 Å². The van der Waals surface area contributed by atoms with Crippen LogP contribution in [0, 0.1) is 0 Å². The van der Waals surface area contributed by atoms with Crippen molar-refractivity contribution in [3.8, 4) is 5.75 Å². The smallest absolute Gasteiger partial charge is 0.243 e. The Kier molecular flexibility index (Phi) is 7.90. The van der Waals surface area contributed by atoms with Crippen LogP contribution in [-0.2, 0) is 21.4 Å². The van der Waals surface area contributed by atoms with Gasteiger partial charge in [-0.15, -0.1) is 0 Å². The second-order valence-corrected chi connectivity index (χ2v) is 9.65. The van der Waals surface area contributed by atoms with Crippen molar-refractivity contribution in [1.29, 1.82) is 0 Å². The van der Waals surface area contributed by atoms with Gasteiger partial charge in [-0.2, -0.15) is 4.31 Å². The highest BCUT2D eigenvalue weighted by Crippen LogP contribution is 2.22. The van der Waals surface area contributed by atoms with Gasteiger partial charge >= 0.3 is 0 Å². The van der Waals surface area contributed by atoms with Gasteiger partial charge in [0, 0.05) is 11.6 Å². The molecule has 3 rings (SSSR count). The Hall–Kier alpha value is -2.87. The van der Waals surface area contributed by atoms with Gasteiger partial charge in [0.25, 0.3) is 0 Å². The van der Waals surface area contributed by atoms with Crippen molar-refractivity contribution in [3.05, 3.63) is 95.0 Å². The fourth-order valence-corrected chi connectivity index (χ4v) is 4.70. The summed E-state index contributed by atoms with van der Waals surface area (Å²) in [5.74, 6) is 0.147. The number of hydrogen-bond acceptors (Lipinski definition) is 4. The van der Waals surface area contributed by atoms with Gasteiger partial charge < -0.3 is 10.1 Å². The van der Waals surface area contributed by atoms with E-state index in [2.05, 4.69) is 5.32 Å². The number of carbonyl (C=O) groups excluding carboxylic acids is 1. The molecule has 8 heteroatoms. The van der Waals surface area contributed by atoms with Crippen LogP contribution in [0.1, 0.15) is 24.1 Å². The average Bonchev–Trinajstić information content (AvgIpc) is 2.79. The molecule has 0 spiro atoms. The zero-order valence-electron chi connectivity index (χ0n) is 17.9. The molecule has 168 valence electrons. The molecule has 0 saturated heterocycles. The first-order valence-electron chi connectivity index (χ1n) is 10.0. The minimum atomic E-state index is -3.93. The Bertz CT molecular complexity index is 1130. The van der Waals surface area contributed by atoms with Crippen molar-refractivity contribution in [1.82, 2.24) is 9.62 Å². The molecule has 0 aliphatic rings. The first kappa shape index (κ1) is 23.8. The van der Waals surface area contributed by atoms with E-state index in [0.29, 0.717) is 10.8 Å². The van der Waals surface area contributed by atoms with E-state index < -0.39 is 15.9 Å². The van der Waals surface area contributed by atoms with Gasteiger partial charge in [-0.25, -0.2) is 8.42 Å². The number of rotatable bonds is 9. The molecule has 0 unspecified atom stereocenters. The van der Waals surface area contributed by atoms with Gasteiger partial charge in [-0.05, 0) is 54.4 Å². The van der Waals surface area contributed by atoms with Gasteiger partial charge in [0.1, 0.15) is 5.75 Å². The van der Waals surface area contributed by atoms with E-state index in [0.717, 1.165) is 11.1 Å². The second kappa shape index (κ2) is 10.6. The molecule has 1 atom stereocenters. The van der Waals surface area contributed by atoms with Crippen molar-refractivity contribution in [2.75, 3.05) is 13.7 Å². The fraction of sp³-hybridized carbons (Fsp3) is 0.208. The molecule has 0 aliphatic heterocycles. The maximum absolute atomic E-state index is 13.4. The summed E-state index contributed by atoms with van der Waals surface area (Å²) in [6.07, 6.45) is 0. The van der Waals surface area contributed by atoms with Crippen LogP contribution in [0.4, 0.5) is 0 Å². The third kappa shape index (κ3) is 6.09. The van der Waals surface area contributed by atoms with Gasteiger partial charge in [0.2, 0.25) is 15.9 Å². The molecule has 1 amide bonds. The first-order chi connectivity index (χ1) is 15.3. The Balaban J connectivity index is 1.81. The Morgan fingerprint density at radius 3 is 2.22 bits per heavy atom. The molecular formula is C24H25ClN2O4S. The van der Waals surface area contributed by atoms with E-state index in [9.17, 15) is 13.2 Å². The summed E-state index contributed by atoms with van der Waals surface area (Å²) in [7, 11) is -2.41. The van der Waals surface area contributed by atoms with Crippen molar-refractivity contribution in [2.24, 2.45) is 0 Å². The number of nitrogens with zero attached hydrogens (tertiary/aromatic N) is 1. The minimum absolute atomic E-state index is 0.0674.